The Labute approximate surface area is 191 Å². The van der Waals surface area contributed by atoms with Gasteiger partial charge in [0.15, 0.2) is 0 Å². The number of nitrogens with two attached hydrogens (primary N) is 4. The third-order valence-corrected chi connectivity index (χ3v) is 4.66. The van der Waals surface area contributed by atoms with Crippen LogP contribution >= 0.6 is 0 Å². The number of primary amides is 2. The molecule has 0 rings (SSSR count). The summed E-state index contributed by atoms with van der Waals surface area (Å²) in [6, 6.07) is -4.62. The van der Waals surface area contributed by atoms with Gasteiger partial charge in [0.25, 0.3) is 0 Å². The Morgan fingerprint density at radius 1 is 0.758 bits per heavy atom. The van der Waals surface area contributed by atoms with Crippen molar-refractivity contribution in [2.75, 3.05) is 6.54 Å². The van der Waals surface area contributed by atoms with Crippen LogP contribution in [0.15, 0.2) is 0 Å². The summed E-state index contributed by atoms with van der Waals surface area (Å²) in [4.78, 5) is 70.3. The van der Waals surface area contributed by atoms with Crippen LogP contribution in [0.4, 0.5) is 0 Å². The lowest BCUT2D eigenvalue weighted by atomic mass is 10.1. The fraction of sp³-hybridized carbons (Fsp3) is 0.684. The summed E-state index contributed by atoms with van der Waals surface area (Å²) in [6.07, 6.45) is 0.738. The predicted octanol–water partition coefficient (Wildman–Crippen LogP) is -3.47. The Bertz CT molecular complexity index is 717. The zero-order chi connectivity index (χ0) is 25.6. The lowest BCUT2D eigenvalue weighted by Gasteiger charge is -2.23. The fourth-order valence-electron chi connectivity index (χ4n) is 2.69. The van der Waals surface area contributed by atoms with E-state index in [4.69, 9.17) is 22.9 Å². The largest absolute Gasteiger partial charge is 0.480 e. The van der Waals surface area contributed by atoms with Gasteiger partial charge >= 0.3 is 5.97 Å². The molecule has 4 atom stereocenters. The standard InChI is InChI=1S/C19H35N7O7/c1-10(16(29)26-13(19(32)33)6-8-15(23)28)24-18(31)12(4-2-3-9-20)25-17(30)11(21)5-7-14(22)27/h10-13H,2-9,20-21H2,1H3,(H2,22,27)(H2,23,28)(H,24,31)(H,25,30)(H,26,29)(H,32,33). The van der Waals surface area contributed by atoms with Gasteiger partial charge in [-0.15, -0.1) is 0 Å². The molecule has 0 bridgehead atoms. The van der Waals surface area contributed by atoms with E-state index in [1.165, 1.54) is 6.92 Å². The van der Waals surface area contributed by atoms with Crippen molar-refractivity contribution in [1.29, 1.82) is 0 Å². The van der Waals surface area contributed by atoms with Crippen molar-refractivity contribution in [2.24, 2.45) is 22.9 Å². The van der Waals surface area contributed by atoms with Gasteiger partial charge in [-0.2, -0.15) is 0 Å². The second-order valence-corrected chi connectivity index (χ2v) is 7.59. The summed E-state index contributed by atoms with van der Waals surface area (Å²) < 4.78 is 0. The maximum Gasteiger partial charge on any atom is 0.326 e. The molecule has 14 heteroatoms. The van der Waals surface area contributed by atoms with E-state index in [1.54, 1.807) is 0 Å². The molecule has 12 N–H and O–H groups in total. The molecule has 188 valence electrons. The number of amides is 5. The molecule has 0 aliphatic heterocycles. The van der Waals surface area contributed by atoms with E-state index < -0.39 is 59.7 Å². The molecule has 0 radical (unpaired) electrons. The Morgan fingerprint density at radius 2 is 1.30 bits per heavy atom. The van der Waals surface area contributed by atoms with E-state index in [0.29, 0.717) is 19.4 Å². The third-order valence-electron chi connectivity index (χ3n) is 4.66. The van der Waals surface area contributed by atoms with Gasteiger partial charge in [-0.1, -0.05) is 0 Å². The summed E-state index contributed by atoms with van der Waals surface area (Å²) in [5.41, 5.74) is 21.2. The highest BCUT2D eigenvalue weighted by atomic mass is 16.4. The zero-order valence-corrected chi connectivity index (χ0v) is 18.7. The topological polar surface area (TPSA) is 263 Å². The van der Waals surface area contributed by atoms with Crippen LogP contribution in [0, 0.1) is 0 Å². The summed E-state index contributed by atoms with van der Waals surface area (Å²) in [5, 5.41) is 16.3. The number of carbonyl (C=O) groups excluding carboxylic acids is 5. The van der Waals surface area contributed by atoms with Gasteiger partial charge in [-0.05, 0) is 45.6 Å². The van der Waals surface area contributed by atoms with Crippen LogP contribution in [-0.2, 0) is 28.8 Å². The molecule has 0 aromatic heterocycles. The molecule has 0 saturated carbocycles. The van der Waals surface area contributed by atoms with E-state index >= 15 is 0 Å². The first-order valence-electron chi connectivity index (χ1n) is 10.5. The summed E-state index contributed by atoms with van der Waals surface area (Å²) in [6.45, 7) is 1.71. The van der Waals surface area contributed by atoms with Crippen LogP contribution in [0.5, 0.6) is 0 Å². The number of hydrogen-bond acceptors (Lipinski definition) is 8. The van der Waals surface area contributed by atoms with Crippen LogP contribution in [0.2, 0.25) is 0 Å². The first kappa shape index (κ1) is 29.7. The quantitative estimate of drug-likeness (QED) is 0.0974. The highest BCUT2D eigenvalue weighted by molar-refractivity contribution is 5.94. The number of aliphatic carboxylic acids is 1. The van der Waals surface area contributed by atoms with Crippen molar-refractivity contribution in [3.63, 3.8) is 0 Å². The van der Waals surface area contributed by atoms with Crippen molar-refractivity contribution in [3.05, 3.63) is 0 Å². The van der Waals surface area contributed by atoms with Crippen LogP contribution in [0.25, 0.3) is 0 Å². The molecule has 0 aromatic carbocycles. The third kappa shape index (κ3) is 13.0. The normalized spacial score (nSPS) is 14.3. The molecule has 0 aliphatic carbocycles. The zero-order valence-electron chi connectivity index (χ0n) is 18.7. The molecule has 0 saturated heterocycles. The van der Waals surface area contributed by atoms with Gasteiger partial charge in [-0.25, -0.2) is 4.79 Å². The van der Waals surface area contributed by atoms with Crippen LogP contribution in [0.1, 0.15) is 51.9 Å². The Balaban J connectivity index is 5.07. The maximum absolute atomic E-state index is 12.7. The number of carbonyl (C=O) groups is 6. The first-order valence-corrected chi connectivity index (χ1v) is 10.5. The van der Waals surface area contributed by atoms with Crippen molar-refractivity contribution in [2.45, 2.75) is 76.0 Å². The molecule has 33 heavy (non-hydrogen) atoms. The van der Waals surface area contributed by atoms with Gasteiger partial charge in [-0.3, -0.25) is 24.0 Å². The van der Waals surface area contributed by atoms with Gasteiger partial charge < -0.3 is 44.0 Å². The van der Waals surface area contributed by atoms with Crippen molar-refractivity contribution in [1.82, 2.24) is 16.0 Å². The van der Waals surface area contributed by atoms with E-state index in [-0.39, 0.29) is 32.1 Å². The minimum absolute atomic E-state index is 0.000998. The number of carboxylic acid groups (broad SMARTS) is 1. The summed E-state index contributed by atoms with van der Waals surface area (Å²) in [5.74, 6) is -4.86. The smallest absolute Gasteiger partial charge is 0.326 e. The second-order valence-electron chi connectivity index (χ2n) is 7.59. The SMILES string of the molecule is CC(NC(=O)C(CCCCN)NC(=O)C(N)CCC(N)=O)C(=O)NC(CCC(N)=O)C(=O)O. The average Bonchev–Trinajstić information content (AvgIpc) is 2.73. The van der Waals surface area contributed by atoms with Crippen LogP contribution < -0.4 is 38.9 Å². The first-order chi connectivity index (χ1) is 15.4. The second kappa shape index (κ2) is 15.5. The van der Waals surface area contributed by atoms with Gasteiger partial charge in [0.2, 0.25) is 29.5 Å². The fourth-order valence-corrected chi connectivity index (χ4v) is 2.69. The Kier molecular flexibility index (Phi) is 14.0. The van der Waals surface area contributed by atoms with E-state index in [9.17, 15) is 33.9 Å². The number of unbranched alkanes of at least 4 members (excludes halogenated alkanes) is 1. The van der Waals surface area contributed by atoms with Gasteiger partial charge in [0.05, 0.1) is 6.04 Å². The molecule has 0 heterocycles. The minimum Gasteiger partial charge on any atom is -0.480 e. The number of nitrogens with one attached hydrogen (secondary N) is 3. The maximum atomic E-state index is 12.7. The molecule has 0 spiro atoms. The Hall–Kier alpha value is -3.26. The molecule has 4 unspecified atom stereocenters. The van der Waals surface area contributed by atoms with Crippen molar-refractivity contribution in [3.8, 4) is 0 Å². The average molecular weight is 474 g/mol. The predicted molar refractivity (Wildman–Crippen MR) is 117 cm³/mol. The lowest BCUT2D eigenvalue weighted by Crippen LogP contribution is -2.56. The molecular weight excluding hydrogens is 438 g/mol. The van der Waals surface area contributed by atoms with Gasteiger partial charge in [0.1, 0.15) is 18.1 Å². The molecule has 5 amide bonds. The lowest BCUT2D eigenvalue weighted by molar-refractivity contribution is -0.142. The highest BCUT2D eigenvalue weighted by Crippen LogP contribution is 2.04. The molecular formula is C19H35N7O7. The number of rotatable bonds is 17. The summed E-state index contributed by atoms with van der Waals surface area (Å²) >= 11 is 0. The minimum atomic E-state index is -1.37. The monoisotopic (exact) mass is 473 g/mol. The molecule has 14 nitrogen and oxygen atoms in total. The molecule has 0 fully saturated rings. The Morgan fingerprint density at radius 3 is 1.82 bits per heavy atom. The van der Waals surface area contributed by atoms with Crippen molar-refractivity contribution >= 4 is 35.5 Å². The molecule has 0 aliphatic rings. The van der Waals surface area contributed by atoms with E-state index in [2.05, 4.69) is 16.0 Å². The van der Waals surface area contributed by atoms with Crippen LogP contribution in [-0.4, -0.2) is 71.3 Å². The number of hydrogen-bond donors (Lipinski definition) is 8. The highest BCUT2D eigenvalue weighted by Gasteiger charge is 2.28. The van der Waals surface area contributed by atoms with E-state index in [0.717, 1.165) is 0 Å². The van der Waals surface area contributed by atoms with E-state index in [1.807, 2.05) is 0 Å². The van der Waals surface area contributed by atoms with Crippen molar-refractivity contribution < 1.29 is 33.9 Å². The molecule has 0 aromatic rings. The van der Waals surface area contributed by atoms with Gasteiger partial charge in [0, 0.05) is 12.8 Å². The number of carboxylic acids is 1. The van der Waals surface area contributed by atoms with Crippen LogP contribution in [0.3, 0.4) is 0 Å². The summed E-state index contributed by atoms with van der Waals surface area (Å²) in [7, 11) is 0.